The highest BCUT2D eigenvalue weighted by molar-refractivity contribution is 5.95. The molecule has 0 bridgehead atoms. The van der Waals surface area contributed by atoms with Crippen molar-refractivity contribution in [1.82, 2.24) is 19.9 Å². The third kappa shape index (κ3) is 3.77. The van der Waals surface area contributed by atoms with Crippen LogP contribution in [0.5, 0.6) is 5.75 Å². The molecule has 5 rings (SSSR count). The van der Waals surface area contributed by atoms with Crippen LogP contribution in [0.4, 0.5) is 5.82 Å². The van der Waals surface area contributed by atoms with Gasteiger partial charge in [0, 0.05) is 16.8 Å². The highest BCUT2D eigenvalue weighted by Crippen LogP contribution is 2.29. The van der Waals surface area contributed by atoms with Crippen molar-refractivity contribution in [2.24, 2.45) is 0 Å². The van der Waals surface area contributed by atoms with Crippen LogP contribution in [0.1, 0.15) is 28.1 Å². The van der Waals surface area contributed by atoms with Gasteiger partial charge in [-0.1, -0.05) is 23.4 Å². The number of aromatic nitrogens is 4. The number of fused-ring (bicyclic) bond motifs is 2. The normalized spacial score (nSPS) is 11.3. The number of anilines is 1. The third-order valence-electron chi connectivity index (χ3n) is 5.85. The van der Waals surface area contributed by atoms with Crippen LogP contribution in [0.15, 0.2) is 47.0 Å². The lowest BCUT2D eigenvalue weighted by molar-refractivity contribution is -0.115. The molecular formula is C26H25N5O3. The number of methoxy groups -OCH3 is 1. The van der Waals surface area contributed by atoms with Crippen LogP contribution in [0.3, 0.4) is 0 Å². The van der Waals surface area contributed by atoms with E-state index in [9.17, 15) is 4.79 Å². The van der Waals surface area contributed by atoms with Gasteiger partial charge in [0.15, 0.2) is 11.4 Å². The molecule has 3 heterocycles. The Kier molecular flexibility index (Phi) is 5.28. The van der Waals surface area contributed by atoms with Crippen LogP contribution in [0.25, 0.3) is 27.7 Å². The standard InChI is InChI=1S/C26H25N5O3/c1-14-9-16(3)25-19(30-34-21(25)10-14)13-24(32)27-23-12-17(4)29-31(23)22-11-15(2)18-7-6-8-20(33-5)26(18)28-22/h6-12H,13H2,1-5H3,(H,27,32). The second-order valence-electron chi connectivity index (χ2n) is 8.55. The minimum atomic E-state index is -0.216. The number of aryl methyl sites for hydroxylation is 4. The number of para-hydroxylation sites is 1. The SMILES string of the molecule is COc1cccc2c(C)cc(-n3nc(C)cc3NC(=O)Cc3noc4cc(C)cc(C)c34)nc12. The number of ether oxygens (including phenoxy) is 1. The van der Waals surface area contributed by atoms with Crippen molar-refractivity contribution >= 4 is 33.6 Å². The van der Waals surface area contributed by atoms with Gasteiger partial charge in [-0.3, -0.25) is 4.79 Å². The minimum absolute atomic E-state index is 0.0825. The van der Waals surface area contributed by atoms with E-state index in [4.69, 9.17) is 14.2 Å². The van der Waals surface area contributed by atoms with Crippen molar-refractivity contribution in [3.05, 3.63) is 70.5 Å². The Morgan fingerprint density at radius 3 is 2.71 bits per heavy atom. The molecule has 0 unspecified atom stereocenters. The molecule has 0 saturated heterocycles. The first-order valence-corrected chi connectivity index (χ1v) is 11.0. The van der Waals surface area contributed by atoms with Gasteiger partial charge in [0.1, 0.15) is 22.8 Å². The van der Waals surface area contributed by atoms with Crippen molar-refractivity contribution in [1.29, 1.82) is 0 Å². The number of nitrogens with one attached hydrogen (secondary N) is 1. The van der Waals surface area contributed by atoms with E-state index in [-0.39, 0.29) is 12.3 Å². The van der Waals surface area contributed by atoms with Crippen molar-refractivity contribution < 1.29 is 14.1 Å². The fourth-order valence-corrected chi connectivity index (χ4v) is 4.39. The van der Waals surface area contributed by atoms with Gasteiger partial charge in [0.05, 0.1) is 19.2 Å². The fraction of sp³-hybridized carbons (Fsp3) is 0.231. The molecule has 8 nitrogen and oxygen atoms in total. The molecule has 34 heavy (non-hydrogen) atoms. The molecule has 0 spiro atoms. The van der Waals surface area contributed by atoms with Crippen LogP contribution < -0.4 is 10.1 Å². The molecule has 0 radical (unpaired) electrons. The zero-order chi connectivity index (χ0) is 24.0. The summed E-state index contributed by atoms with van der Waals surface area (Å²) in [5, 5.41) is 13.6. The maximum atomic E-state index is 13.0. The number of nitrogens with zero attached hydrogens (tertiary/aromatic N) is 4. The Labute approximate surface area is 196 Å². The molecule has 172 valence electrons. The Morgan fingerprint density at radius 1 is 1.09 bits per heavy atom. The van der Waals surface area contributed by atoms with E-state index in [0.29, 0.717) is 28.7 Å². The maximum Gasteiger partial charge on any atom is 0.231 e. The summed E-state index contributed by atoms with van der Waals surface area (Å²) in [7, 11) is 1.62. The van der Waals surface area contributed by atoms with Gasteiger partial charge in [0.25, 0.3) is 0 Å². The number of pyridine rings is 1. The van der Waals surface area contributed by atoms with E-state index >= 15 is 0 Å². The van der Waals surface area contributed by atoms with Gasteiger partial charge in [-0.25, -0.2) is 4.98 Å². The number of hydrogen-bond donors (Lipinski definition) is 1. The van der Waals surface area contributed by atoms with Gasteiger partial charge in [-0.2, -0.15) is 9.78 Å². The average Bonchev–Trinajstić information content (AvgIpc) is 3.36. The van der Waals surface area contributed by atoms with Crippen LogP contribution in [0, 0.1) is 27.7 Å². The Balaban J connectivity index is 1.48. The quantitative estimate of drug-likeness (QED) is 0.401. The zero-order valence-corrected chi connectivity index (χ0v) is 19.8. The molecule has 0 aliphatic rings. The van der Waals surface area contributed by atoms with E-state index in [2.05, 4.69) is 21.6 Å². The summed E-state index contributed by atoms with van der Waals surface area (Å²) in [4.78, 5) is 17.8. The zero-order valence-electron chi connectivity index (χ0n) is 19.8. The summed E-state index contributed by atoms with van der Waals surface area (Å²) in [5.74, 6) is 1.59. The van der Waals surface area contributed by atoms with E-state index in [1.165, 1.54) is 0 Å². The van der Waals surface area contributed by atoms with Crippen LogP contribution >= 0.6 is 0 Å². The molecule has 0 atom stereocenters. The third-order valence-corrected chi connectivity index (χ3v) is 5.85. The van der Waals surface area contributed by atoms with Crippen molar-refractivity contribution in [3.8, 4) is 11.6 Å². The van der Waals surface area contributed by atoms with Crippen molar-refractivity contribution in [2.75, 3.05) is 12.4 Å². The molecule has 1 amide bonds. The molecule has 0 aliphatic heterocycles. The number of carbonyl (C=O) groups is 1. The lowest BCUT2D eigenvalue weighted by atomic mass is 10.0. The maximum absolute atomic E-state index is 13.0. The van der Waals surface area contributed by atoms with Gasteiger partial charge >= 0.3 is 0 Å². The molecule has 5 aromatic rings. The molecule has 1 N–H and O–H groups in total. The largest absolute Gasteiger partial charge is 0.494 e. The second-order valence-corrected chi connectivity index (χ2v) is 8.55. The van der Waals surface area contributed by atoms with Crippen molar-refractivity contribution in [3.63, 3.8) is 0 Å². The minimum Gasteiger partial charge on any atom is -0.494 e. The van der Waals surface area contributed by atoms with Gasteiger partial charge in [0.2, 0.25) is 5.91 Å². The first kappa shape index (κ1) is 21.6. The number of hydrogen-bond acceptors (Lipinski definition) is 6. The summed E-state index contributed by atoms with van der Waals surface area (Å²) in [6.45, 7) is 7.89. The van der Waals surface area contributed by atoms with Gasteiger partial charge in [-0.05, 0) is 62.6 Å². The van der Waals surface area contributed by atoms with Crippen LogP contribution in [-0.4, -0.2) is 32.9 Å². The smallest absolute Gasteiger partial charge is 0.231 e. The number of rotatable bonds is 5. The molecule has 2 aromatic carbocycles. The summed E-state index contributed by atoms with van der Waals surface area (Å²) in [6.07, 6.45) is 0.0825. The van der Waals surface area contributed by atoms with Crippen molar-refractivity contribution in [2.45, 2.75) is 34.1 Å². The Morgan fingerprint density at radius 2 is 1.91 bits per heavy atom. The first-order valence-electron chi connectivity index (χ1n) is 11.0. The second kappa shape index (κ2) is 8.30. The highest BCUT2D eigenvalue weighted by Gasteiger charge is 2.18. The van der Waals surface area contributed by atoms with Crippen LogP contribution in [-0.2, 0) is 11.2 Å². The molecule has 0 saturated carbocycles. The summed E-state index contributed by atoms with van der Waals surface area (Å²) >= 11 is 0. The molecule has 0 fully saturated rings. The molecule has 3 aromatic heterocycles. The summed E-state index contributed by atoms with van der Waals surface area (Å²) in [5.41, 5.74) is 5.95. The molecule has 8 heteroatoms. The van der Waals surface area contributed by atoms with Gasteiger partial charge in [-0.15, -0.1) is 0 Å². The molecule has 0 aliphatic carbocycles. The Bertz CT molecular complexity index is 1560. The predicted octanol–water partition coefficient (Wildman–Crippen LogP) is 4.99. The van der Waals surface area contributed by atoms with E-state index < -0.39 is 0 Å². The summed E-state index contributed by atoms with van der Waals surface area (Å²) < 4.78 is 12.6. The first-order chi connectivity index (χ1) is 16.3. The highest BCUT2D eigenvalue weighted by atomic mass is 16.5. The lowest BCUT2D eigenvalue weighted by Crippen LogP contribution is -2.18. The number of carbonyl (C=O) groups excluding carboxylic acids is 1. The van der Waals surface area contributed by atoms with E-state index in [1.54, 1.807) is 11.8 Å². The topological polar surface area (TPSA) is 95.1 Å². The predicted molar refractivity (Wildman–Crippen MR) is 131 cm³/mol. The Hall–Kier alpha value is -4.20. The van der Waals surface area contributed by atoms with Gasteiger partial charge < -0.3 is 14.6 Å². The average molecular weight is 456 g/mol. The number of benzene rings is 2. The fourth-order valence-electron chi connectivity index (χ4n) is 4.39. The lowest BCUT2D eigenvalue weighted by Gasteiger charge is -2.12. The molecular weight excluding hydrogens is 430 g/mol. The van der Waals surface area contributed by atoms with Crippen LogP contribution in [0.2, 0.25) is 0 Å². The van der Waals surface area contributed by atoms with E-state index in [0.717, 1.165) is 38.7 Å². The summed E-state index contributed by atoms with van der Waals surface area (Å²) in [6, 6.07) is 13.6. The monoisotopic (exact) mass is 455 g/mol. The number of amides is 1. The van der Waals surface area contributed by atoms with E-state index in [1.807, 2.05) is 64.1 Å².